The first-order chi connectivity index (χ1) is 10.7. The van der Waals surface area contributed by atoms with Gasteiger partial charge < -0.3 is 4.74 Å². The highest BCUT2D eigenvalue weighted by atomic mass is 19.1. The third-order valence-corrected chi connectivity index (χ3v) is 3.32. The minimum atomic E-state index is -0.485. The maximum atomic E-state index is 13.1. The fourth-order valence-electron chi connectivity index (χ4n) is 2.25. The van der Waals surface area contributed by atoms with E-state index in [2.05, 4.69) is 0 Å². The van der Waals surface area contributed by atoms with E-state index in [-0.39, 0.29) is 11.9 Å². The fourth-order valence-corrected chi connectivity index (χ4v) is 2.25. The van der Waals surface area contributed by atoms with Crippen LogP contribution in [-0.2, 0) is 0 Å². The monoisotopic (exact) mass is 295 g/mol. The van der Waals surface area contributed by atoms with Crippen LogP contribution in [0.1, 0.15) is 11.6 Å². The lowest BCUT2D eigenvalue weighted by atomic mass is 10.0. The number of rotatable bonds is 2. The number of hydrogen-bond acceptors (Lipinski definition) is 2. The molecule has 1 atom stereocenters. The molecule has 0 saturated carbocycles. The van der Waals surface area contributed by atoms with Crippen molar-refractivity contribution in [3.63, 3.8) is 0 Å². The van der Waals surface area contributed by atoms with Gasteiger partial charge in [0.25, 0.3) is 0 Å². The zero-order valence-corrected chi connectivity index (χ0v) is 11.7. The first-order valence-corrected chi connectivity index (χ1v) is 6.90. The Morgan fingerprint density at radius 2 is 1.73 bits per heavy atom. The summed E-state index contributed by atoms with van der Waals surface area (Å²) in [6.45, 7) is 0. The molecule has 22 heavy (non-hydrogen) atoms. The highest BCUT2D eigenvalue weighted by molar-refractivity contribution is 5.73. The second-order valence-corrected chi connectivity index (χ2v) is 4.81. The Morgan fingerprint density at radius 3 is 2.45 bits per heavy atom. The van der Waals surface area contributed by atoms with E-state index >= 15 is 0 Å². The van der Waals surface area contributed by atoms with Crippen LogP contribution in [0, 0.1) is 5.82 Å². The molecule has 1 aliphatic rings. The number of ether oxygens (including phenoxy) is 1. The van der Waals surface area contributed by atoms with Crippen LogP contribution in [0.3, 0.4) is 0 Å². The topological polar surface area (TPSA) is 29.5 Å². The first kappa shape index (κ1) is 14.1. The zero-order valence-electron chi connectivity index (χ0n) is 11.7. The van der Waals surface area contributed by atoms with Gasteiger partial charge in [-0.1, -0.05) is 42.5 Å². The number of para-hydroxylation sites is 1. The lowest BCUT2D eigenvalue weighted by molar-refractivity contribution is 0.161. The van der Waals surface area contributed by atoms with Gasteiger partial charge in [-0.2, -0.15) is 0 Å². The van der Waals surface area contributed by atoms with Crippen molar-refractivity contribution in [1.82, 2.24) is 4.90 Å². The molecule has 2 aromatic carbocycles. The minimum Gasteiger partial charge on any atom is -0.410 e. The van der Waals surface area contributed by atoms with E-state index in [1.807, 2.05) is 18.2 Å². The second-order valence-electron chi connectivity index (χ2n) is 4.81. The molecule has 4 heteroatoms. The summed E-state index contributed by atoms with van der Waals surface area (Å²) in [7, 11) is 0. The van der Waals surface area contributed by atoms with Crippen LogP contribution in [-0.4, -0.2) is 11.0 Å². The summed E-state index contributed by atoms with van der Waals surface area (Å²) in [6, 6.07) is 14.6. The van der Waals surface area contributed by atoms with Crippen molar-refractivity contribution in [3.05, 3.63) is 90.4 Å². The van der Waals surface area contributed by atoms with E-state index < -0.39 is 6.09 Å². The van der Waals surface area contributed by atoms with Crippen LogP contribution >= 0.6 is 0 Å². The van der Waals surface area contributed by atoms with Crippen molar-refractivity contribution < 1.29 is 13.9 Å². The Balaban J connectivity index is 1.81. The molecule has 0 bridgehead atoms. The lowest BCUT2D eigenvalue weighted by Crippen LogP contribution is -2.32. The predicted molar refractivity (Wildman–Crippen MR) is 81.7 cm³/mol. The Bertz CT molecular complexity index is 708. The summed E-state index contributed by atoms with van der Waals surface area (Å²) in [5, 5.41) is 0. The van der Waals surface area contributed by atoms with Crippen molar-refractivity contribution in [3.8, 4) is 5.75 Å². The van der Waals surface area contributed by atoms with Crippen molar-refractivity contribution in [2.45, 2.75) is 6.04 Å². The van der Waals surface area contributed by atoms with E-state index in [1.54, 1.807) is 48.7 Å². The van der Waals surface area contributed by atoms with Gasteiger partial charge >= 0.3 is 6.09 Å². The Morgan fingerprint density at radius 1 is 1.00 bits per heavy atom. The number of benzene rings is 2. The standard InChI is InChI=1S/C18H14FNO2/c19-15-11-9-14(10-12-15)17-8-4-5-13-20(17)18(21)22-16-6-2-1-3-7-16/h1-13,17H. The van der Waals surface area contributed by atoms with E-state index in [1.165, 1.54) is 17.0 Å². The number of nitrogens with zero attached hydrogens (tertiary/aromatic N) is 1. The maximum Gasteiger partial charge on any atom is 0.420 e. The SMILES string of the molecule is O=C(Oc1ccccc1)N1C=CC=CC1c1ccc(F)cc1. The van der Waals surface area contributed by atoms with Crippen molar-refractivity contribution >= 4 is 6.09 Å². The molecule has 1 unspecified atom stereocenters. The molecule has 3 nitrogen and oxygen atoms in total. The molecule has 110 valence electrons. The summed E-state index contributed by atoms with van der Waals surface area (Å²) < 4.78 is 18.4. The molecule has 0 fully saturated rings. The molecular formula is C18H14FNO2. The molecule has 3 rings (SSSR count). The number of amides is 1. The van der Waals surface area contributed by atoms with E-state index in [0.29, 0.717) is 5.75 Å². The molecular weight excluding hydrogens is 281 g/mol. The Kier molecular flexibility index (Phi) is 4.01. The Labute approximate surface area is 127 Å². The van der Waals surface area contributed by atoms with Gasteiger partial charge in [-0.05, 0) is 35.9 Å². The molecule has 0 spiro atoms. The summed E-state index contributed by atoms with van der Waals surface area (Å²) in [6.07, 6.45) is 6.63. The summed E-state index contributed by atoms with van der Waals surface area (Å²) >= 11 is 0. The van der Waals surface area contributed by atoms with E-state index in [0.717, 1.165) is 5.56 Å². The maximum absolute atomic E-state index is 13.1. The van der Waals surface area contributed by atoms with Crippen molar-refractivity contribution in [1.29, 1.82) is 0 Å². The molecule has 2 aromatic rings. The summed E-state index contributed by atoms with van der Waals surface area (Å²) in [4.78, 5) is 13.8. The van der Waals surface area contributed by atoms with Gasteiger partial charge in [-0.15, -0.1) is 0 Å². The number of carbonyl (C=O) groups excluding carboxylic acids is 1. The number of halogens is 1. The molecule has 0 aliphatic carbocycles. The van der Waals surface area contributed by atoms with Crippen LogP contribution < -0.4 is 4.74 Å². The van der Waals surface area contributed by atoms with Crippen LogP contribution in [0.4, 0.5) is 9.18 Å². The molecule has 0 aromatic heterocycles. The van der Waals surface area contributed by atoms with Gasteiger partial charge in [0.1, 0.15) is 11.6 Å². The minimum absolute atomic E-state index is 0.308. The molecule has 0 N–H and O–H groups in total. The zero-order chi connectivity index (χ0) is 15.4. The number of allylic oxidation sites excluding steroid dienone is 2. The van der Waals surface area contributed by atoms with Crippen LogP contribution in [0.5, 0.6) is 5.75 Å². The fraction of sp³-hybridized carbons (Fsp3) is 0.0556. The van der Waals surface area contributed by atoms with Gasteiger partial charge in [0.05, 0.1) is 6.04 Å². The predicted octanol–water partition coefficient (Wildman–Crippen LogP) is 4.45. The average molecular weight is 295 g/mol. The highest BCUT2D eigenvalue weighted by Gasteiger charge is 2.24. The summed E-state index contributed by atoms with van der Waals surface area (Å²) in [5.74, 6) is 0.172. The van der Waals surface area contributed by atoms with Crippen LogP contribution in [0.25, 0.3) is 0 Å². The molecule has 1 heterocycles. The first-order valence-electron chi connectivity index (χ1n) is 6.90. The largest absolute Gasteiger partial charge is 0.420 e. The van der Waals surface area contributed by atoms with Crippen molar-refractivity contribution in [2.24, 2.45) is 0 Å². The third kappa shape index (κ3) is 3.06. The van der Waals surface area contributed by atoms with Gasteiger partial charge in [0.2, 0.25) is 0 Å². The molecule has 0 radical (unpaired) electrons. The van der Waals surface area contributed by atoms with Crippen molar-refractivity contribution in [2.75, 3.05) is 0 Å². The Hall–Kier alpha value is -2.88. The molecule has 1 amide bonds. The highest BCUT2D eigenvalue weighted by Crippen LogP contribution is 2.27. The van der Waals surface area contributed by atoms with E-state index in [9.17, 15) is 9.18 Å². The molecule has 0 saturated heterocycles. The average Bonchev–Trinajstić information content (AvgIpc) is 2.56. The number of carbonyl (C=O) groups is 1. The summed E-state index contributed by atoms with van der Waals surface area (Å²) in [5.41, 5.74) is 0.812. The normalized spacial score (nSPS) is 16.6. The smallest absolute Gasteiger partial charge is 0.410 e. The third-order valence-electron chi connectivity index (χ3n) is 3.32. The second kappa shape index (κ2) is 6.26. The van der Waals surface area contributed by atoms with Gasteiger partial charge in [-0.25, -0.2) is 9.18 Å². The van der Waals surface area contributed by atoms with Gasteiger partial charge in [0, 0.05) is 6.20 Å². The number of hydrogen-bond donors (Lipinski definition) is 0. The van der Waals surface area contributed by atoms with Crippen LogP contribution in [0.15, 0.2) is 79.0 Å². The quantitative estimate of drug-likeness (QED) is 0.819. The molecule has 1 aliphatic heterocycles. The lowest BCUT2D eigenvalue weighted by Gasteiger charge is -2.28. The van der Waals surface area contributed by atoms with Crippen LogP contribution in [0.2, 0.25) is 0 Å². The van der Waals surface area contributed by atoms with Gasteiger partial charge in [0.15, 0.2) is 0 Å². The van der Waals surface area contributed by atoms with E-state index in [4.69, 9.17) is 4.74 Å². The van der Waals surface area contributed by atoms with Gasteiger partial charge in [-0.3, -0.25) is 4.90 Å².